The standard InChI is InChI=1S/2C15H12I3NO4.2C2H6OS.Mg/c2*16-9-6-8(1-2-13(9)20)23-14-10(17)3-7(4-11(14)18)5-12(19)15(21)22;2*1-4(2)3;/h2*1-4,6,12,20H,5,19H2,(H,21,22);2*1-2H3;/q;;;;+2/p-2/t2*12-;;;/m00.../s1. The van der Waals surface area contributed by atoms with Gasteiger partial charge in [0.15, 0.2) is 11.5 Å². The number of hydrogen-bond donors (Lipinski definition) is 4. The van der Waals surface area contributed by atoms with E-state index in [1.807, 2.05) is 69.4 Å². The maximum absolute atomic E-state index is 10.8. The van der Waals surface area contributed by atoms with Crippen LogP contribution in [0.5, 0.6) is 34.5 Å². The molecule has 0 unspecified atom stereocenters. The number of ether oxygens (including phenoxy) is 2. The average Bonchev–Trinajstić information content (AvgIpc) is 3.04. The Morgan fingerprint density at radius 2 is 0.855 bits per heavy atom. The molecule has 21 heteroatoms. The summed E-state index contributed by atoms with van der Waals surface area (Å²) in [6, 6.07) is 15.3. The van der Waals surface area contributed by atoms with E-state index in [0.29, 0.717) is 30.1 Å². The molecule has 4 aromatic rings. The Bertz CT molecular complexity index is 1790. The Morgan fingerprint density at radius 1 is 0.600 bits per heavy atom. The van der Waals surface area contributed by atoms with Crippen LogP contribution in [0.25, 0.3) is 0 Å². The predicted molar refractivity (Wildman–Crippen MR) is 265 cm³/mol. The second-order valence-corrected chi connectivity index (χ2v) is 20.9. The van der Waals surface area contributed by atoms with E-state index in [0.717, 1.165) is 25.4 Å². The fraction of sp³-hybridized carbons (Fsp3) is 0.235. The monoisotopic (exact) mass is 1480 g/mol. The van der Waals surface area contributed by atoms with Crippen molar-refractivity contribution < 1.29 is 47.9 Å². The average molecular weight is 1480 g/mol. The van der Waals surface area contributed by atoms with Crippen molar-refractivity contribution in [1.82, 2.24) is 0 Å². The molecule has 0 aliphatic heterocycles. The zero-order valence-electron chi connectivity index (χ0n) is 29.4. The van der Waals surface area contributed by atoms with Gasteiger partial charge in [0.25, 0.3) is 0 Å². The summed E-state index contributed by atoms with van der Waals surface area (Å²) in [7, 11) is -1.22. The van der Waals surface area contributed by atoms with Crippen molar-refractivity contribution in [2.24, 2.45) is 11.5 Å². The first-order valence-electron chi connectivity index (χ1n) is 14.7. The molecule has 4 aromatic carbocycles. The van der Waals surface area contributed by atoms with E-state index in [2.05, 4.69) is 90.4 Å². The molecule has 0 saturated heterocycles. The molecule has 0 fully saturated rings. The number of benzene rings is 4. The normalized spacial score (nSPS) is 11.3. The first-order chi connectivity index (χ1) is 25.0. The zero-order valence-corrected chi connectivity index (χ0v) is 45.4. The molecule has 2 atom stereocenters. The van der Waals surface area contributed by atoms with E-state index < -0.39 is 45.6 Å². The molecule has 6 N–H and O–H groups in total. The maximum atomic E-state index is 10.8. The van der Waals surface area contributed by atoms with Gasteiger partial charge in [0.05, 0.1) is 33.4 Å². The van der Waals surface area contributed by atoms with Gasteiger partial charge < -0.3 is 51.0 Å². The number of phenolic OH excluding ortho intramolecular Hbond substituents is 2. The Morgan fingerprint density at radius 3 is 1.07 bits per heavy atom. The summed E-state index contributed by atoms with van der Waals surface area (Å²) in [5, 5.41) is 40.6. The summed E-state index contributed by atoms with van der Waals surface area (Å²) in [4.78, 5) is 21.5. The zero-order chi connectivity index (χ0) is 41.4. The van der Waals surface area contributed by atoms with Crippen LogP contribution in [0.15, 0.2) is 60.7 Å². The number of carboxylic acids is 2. The topological polar surface area (TPSA) is 225 Å². The van der Waals surface area contributed by atoms with Gasteiger partial charge in [-0.1, -0.05) is 0 Å². The second-order valence-electron chi connectivity index (χ2n) is 11.0. The van der Waals surface area contributed by atoms with E-state index >= 15 is 0 Å². The molecule has 4 rings (SSSR count). The molecule has 296 valence electrons. The van der Waals surface area contributed by atoms with Crippen LogP contribution < -0.4 is 31.2 Å². The fourth-order valence-electron chi connectivity index (χ4n) is 3.67. The van der Waals surface area contributed by atoms with Crippen LogP contribution in [-0.2, 0) is 44.0 Å². The van der Waals surface area contributed by atoms with Crippen molar-refractivity contribution in [2.75, 3.05) is 25.0 Å². The first-order valence-corrected chi connectivity index (χ1v) is 25.1. The third-order valence-electron chi connectivity index (χ3n) is 5.91. The van der Waals surface area contributed by atoms with Gasteiger partial charge in [-0.3, -0.25) is 8.42 Å². The molecule has 0 bridgehead atoms. The number of halogens is 6. The quantitative estimate of drug-likeness (QED) is 0.124. The Kier molecular flexibility index (Phi) is 28.2. The predicted octanol–water partition coefficient (Wildman–Crippen LogP) is 4.84. The summed E-state index contributed by atoms with van der Waals surface area (Å²) in [6.07, 6.45) is 6.96. The molecular formula is C34H34I6MgN2O10S2. The van der Waals surface area contributed by atoms with Gasteiger partial charge >= 0.3 is 23.1 Å². The summed E-state index contributed by atoms with van der Waals surface area (Å²) in [6.45, 7) is 0. The first kappa shape index (κ1) is 55.4. The molecule has 0 amide bonds. The van der Waals surface area contributed by atoms with Crippen LogP contribution in [0.2, 0.25) is 0 Å². The van der Waals surface area contributed by atoms with Crippen LogP contribution in [0, 0.1) is 21.4 Å². The van der Waals surface area contributed by atoms with Crippen molar-refractivity contribution in [3.05, 3.63) is 93.2 Å². The summed E-state index contributed by atoms with van der Waals surface area (Å²) in [5.74, 6) is 0.451. The van der Waals surface area contributed by atoms with Crippen molar-refractivity contribution in [1.29, 1.82) is 0 Å². The van der Waals surface area contributed by atoms with Crippen molar-refractivity contribution >= 4 is 192 Å². The van der Waals surface area contributed by atoms with Crippen LogP contribution in [0.1, 0.15) is 11.1 Å². The van der Waals surface area contributed by atoms with Crippen molar-refractivity contribution in [3.63, 3.8) is 0 Å². The fourth-order valence-corrected chi connectivity index (χ4v) is 8.88. The summed E-state index contributed by atoms with van der Waals surface area (Å²) < 4.78 is 35.7. The van der Waals surface area contributed by atoms with Gasteiger partial charge in [-0.05, 0) is 220 Å². The van der Waals surface area contributed by atoms with Gasteiger partial charge in [-0.25, -0.2) is 0 Å². The molecule has 0 aliphatic rings. The Labute approximate surface area is 422 Å². The molecule has 12 nitrogen and oxygen atoms in total. The van der Waals surface area contributed by atoms with Crippen LogP contribution in [-0.4, -0.2) is 90.7 Å². The van der Waals surface area contributed by atoms with E-state index in [1.54, 1.807) is 61.4 Å². The third-order valence-corrected chi connectivity index (χ3v) is 10.8. The smallest absolute Gasteiger partial charge is 0.548 e. The minimum Gasteiger partial charge on any atom is -0.548 e. The number of phenols is 2. The number of aliphatic carboxylic acids is 2. The molecule has 55 heavy (non-hydrogen) atoms. The molecule has 0 aliphatic carbocycles. The largest absolute Gasteiger partial charge is 2.00 e. The molecular weight excluding hydrogens is 1450 g/mol. The second kappa shape index (κ2) is 28.0. The number of nitrogens with two attached hydrogens (primary N) is 2. The minimum atomic E-state index is -1.27. The Balaban J connectivity index is 0.000000874. The van der Waals surface area contributed by atoms with E-state index in [1.165, 1.54) is 0 Å². The van der Waals surface area contributed by atoms with Crippen LogP contribution in [0.4, 0.5) is 0 Å². The number of aromatic hydroxyl groups is 2. The van der Waals surface area contributed by atoms with Gasteiger partial charge in [0, 0.05) is 58.7 Å². The minimum absolute atomic E-state index is 0. The van der Waals surface area contributed by atoms with Crippen molar-refractivity contribution in [2.45, 2.75) is 24.9 Å². The van der Waals surface area contributed by atoms with Crippen molar-refractivity contribution in [3.8, 4) is 34.5 Å². The summed E-state index contributed by atoms with van der Waals surface area (Å²) in [5.41, 5.74) is 12.7. The molecule has 0 saturated carbocycles. The van der Waals surface area contributed by atoms with Crippen LogP contribution in [0.3, 0.4) is 0 Å². The number of hydrogen-bond acceptors (Lipinski definition) is 12. The Hall–Kier alpha value is 0.386. The summed E-state index contributed by atoms with van der Waals surface area (Å²) >= 11 is 12.6. The van der Waals surface area contributed by atoms with Gasteiger partial charge in [0.1, 0.15) is 23.0 Å². The van der Waals surface area contributed by atoms with Crippen LogP contribution >= 0.6 is 136 Å². The number of rotatable bonds is 10. The number of carbonyl (C=O) groups is 2. The van der Waals surface area contributed by atoms with Gasteiger partial charge in [-0.15, -0.1) is 0 Å². The number of carboxylic acid groups (broad SMARTS) is 2. The SMILES string of the molecule is CS(C)=O.CS(C)=O.N[C@@H](Cc1cc(I)c(Oc2ccc(O)c(I)c2)c(I)c1)C(=O)[O-].N[C@@H](Cc1cc(I)c(Oc2ccc(O)c(I)c2)c(I)c1)C(=O)[O-].[Mg+2]. The molecule has 0 radical (unpaired) electrons. The van der Waals surface area contributed by atoms with E-state index in [4.69, 9.17) is 20.9 Å². The molecule has 0 heterocycles. The third kappa shape index (κ3) is 22.0. The number of carbonyl (C=O) groups excluding carboxylic acids is 2. The van der Waals surface area contributed by atoms with Gasteiger partial charge in [-0.2, -0.15) is 0 Å². The van der Waals surface area contributed by atoms with E-state index in [9.17, 15) is 38.4 Å². The maximum Gasteiger partial charge on any atom is 2.00 e. The molecule has 0 spiro atoms. The van der Waals surface area contributed by atoms with Gasteiger partial charge in [0.2, 0.25) is 0 Å². The van der Waals surface area contributed by atoms with E-state index in [-0.39, 0.29) is 47.4 Å². The molecule has 0 aromatic heterocycles.